The van der Waals surface area contributed by atoms with E-state index in [1.54, 1.807) is 6.07 Å². The van der Waals surface area contributed by atoms with Crippen LogP contribution in [-0.4, -0.2) is 53.6 Å². The summed E-state index contributed by atoms with van der Waals surface area (Å²) in [6.07, 6.45) is -1.38. The molecule has 7 nitrogen and oxygen atoms in total. The molecule has 1 unspecified atom stereocenters. The van der Waals surface area contributed by atoms with Gasteiger partial charge >= 0.3 is 6.18 Å². The molecule has 5 rings (SSSR count). The van der Waals surface area contributed by atoms with Crippen molar-refractivity contribution in [2.45, 2.75) is 68.6 Å². The van der Waals surface area contributed by atoms with Crippen LogP contribution >= 0.6 is 0 Å². The van der Waals surface area contributed by atoms with E-state index in [0.29, 0.717) is 35.7 Å². The lowest BCUT2D eigenvalue weighted by Gasteiger charge is -2.24. The van der Waals surface area contributed by atoms with E-state index in [2.05, 4.69) is 16.9 Å². The van der Waals surface area contributed by atoms with E-state index in [0.717, 1.165) is 43.7 Å². The number of anilines is 1. The average molecular weight is 591 g/mol. The van der Waals surface area contributed by atoms with Crippen LogP contribution in [0.2, 0.25) is 0 Å². The molecule has 218 valence electrons. The van der Waals surface area contributed by atoms with Gasteiger partial charge in [-0.1, -0.05) is 12.1 Å². The number of hydrogen-bond acceptors (Lipinski definition) is 6. The molecule has 41 heavy (non-hydrogen) atoms. The minimum absolute atomic E-state index is 0.0264. The molecular formula is C29H30F4N4O3S. The fourth-order valence-corrected chi connectivity index (χ4v) is 7.14. The maximum Gasteiger partial charge on any atom is 0.416 e. The van der Waals surface area contributed by atoms with Crippen LogP contribution in [-0.2, 0) is 27.4 Å². The van der Waals surface area contributed by atoms with Gasteiger partial charge in [0.25, 0.3) is 0 Å². The summed E-state index contributed by atoms with van der Waals surface area (Å²) in [5, 5.41) is 0. The van der Waals surface area contributed by atoms with Gasteiger partial charge in [-0.15, -0.1) is 0 Å². The van der Waals surface area contributed by atoms with Gasteiger partial charge < -0.3 is 4.90 Å². The Morgan fingerprint density at radius 3 is 2.29 bits per heavy atom. The molecular weight excluding hydrogens is 560 g/mol. The molecule has 3 aromatic rings. The number of Topliss-reactive ketones (excluding diaryl/α,β-unsaturated/α-hetero) is 1. The van der Waals surface area contributed by atoms with Gasteiger partial charge in [0.2, 0.25) is 16.0 Å². The second-order valence-electron chi connectivity index (χ2n) is 10.5. The molecule has 12 heteroatoms. The SMILES string of the molecule is CC1CCCN1c1nc(CCC(=O)[C@@H]2CCCN2S(=O)(=O)c2ccc(F)cc2)cc(-c2ccc(C(F)(F)F)cc2)n1. The van der Waals surface area contributed by atoms with Crippen LogP contribution in [0.5, 0.6) is 0 Å². The van der Waals surface area contributed by atoms with Crippen molar-refractivity contribution in [3.8, 4) is 11.3 Å². The summed E-state index contributed by atoms with van der Waals surface area (Å²) in [5.41, 5.74) is 0.731. The number of ketones is 1. The van der Waals surface area contributed by atoms with Crippen LogP contribution in [0, 0.1) is 5.82 Å². The topological polar surface area (TPSA) is 83.5 Å². The van der Waals surface area contributed by atoms with Crippen molar-refractivity contribution in [1.29, 1.82) is 0 Å². The number of sulfonamides is 1. The number of nitrogens with zero attached hydrogens (tertiary/aromatic N) is 4. The van der Waals surface area contributed by atoms with E-state index < -0.39 is 33.6 Å². The molecule has 2 aromatic carbocycles. The molecule has 1 aromatic heterocycles. The first-order chi connectivity index (χ1) is 19.4. The monoisotopic (exact) mass is 590 g/mol. The molecule has 2 fully saturated rings. The maximum absolute atomic E-state index is 13.3. The number of hydrogen-bond donors (Lipinski definition) is 0. The summed E-state index contributed by atoms with van der Waals surface area (Å²) in [6, 6.07) is 10.3. The Kier molecular flexibility index (Phi) is 8.15. The number of halogens is 4. The Labute approximate surface area is 236 Å². The number of aromatic nitrogens is 2. The summed E-state index contributed by atoms with van der Waals surface area (Å²) in [7, 11) is -3.98. The Balaban J connectivity index is 1.37. The lowest BCUT2D eigenvalue weighted by Crippen LogP contribution is -2.40. The largest absolute Gasteiger partial charge is 0.416 e. The summed E-state index contributed by atoms with van der Waals surface area (Å²) in [4.78, 5) is 24.6. The van der Waals surface area contributed by atoms with Gasteiger partial charge in [0.15, 0.2) is 5.78 Å². The van der Waals surface area contributed by atoms with Crippen molar-refractivity contribution >= 4 is 21.8 Å². The molecule has 2 aliphatic rings. The second-order valence-corrected chi connectivity index (χ2v) is 12.4. The number of alkyl halides is 3. The Bertz CT molecular complexity index is 1510. The number of carbonyl (C=O) groups is 1. The van der Waals surface area contributed by atoms with E-state index in [-0.39, 0.29) is 36.1 Å². The first kappa shape index (κ1) is 29.1. The molecule has 3 heterocycles. The number of rotatable bonds is 8. The smallest absolute Gasteiger partial charge is 0.338 e. The van der Waals surface area contributed by atoms with Crippen molar-refractivity contribution in [1.82, 2.24) is 14.3 Å². The van der Waals surface area contributed by atoms with Gasteiger partial charge in [-0.05, 0) is 81.5 Å². The number of benzene rings is 2. The van der Waals surface area contributed by atoms with Gasteiger partial charge in [-0.3, -0.25) is 4.79 Å². The van der Waals surface area contributed by atoms with E-state index in [9.17, 15) is 30.8 Å². The van der Waals surface area contributed by atoms with Gasteiger partial charge in [-0.2, -0.15) is 17.5 Å². The van der Waals surface area contributed by atoms with Crippen molar-refractivity contribution in [2.75, 3.05) is 18.0 Å². The van der Waals surface area contributed by atoms with Crippen LogP contribution in [0.1, 0.15) is 50.3 Å². The zero-order chi connectivity index (χ0) is 29.4. The zero-order valence-corrected chi connectivity index (χ0v) is 23.3. The molecule has 2 saturated heterocycles. The molecule has 0 aliphatic carbocycles. The molecule has 0 radical (unpaired) electrons. The summed E-state index contributed by atoms with van der Waals surface area (Å²) < 4.78 is 80.2. The molecule has 0 spiro atoms. The molecule has 0 N–H and O–H groups in total. The van der Waals surface area contributed by atoms with Crippen LogP contribution in [0.3, 0.4) is 0 Å². The highest BCUT2D eigenvalue weighted by Gasteiger charge is 2.39. The van der Waals surface area contributed by atoms with Gasteiger partial charge in [-0.25, -0.2) is 22.8 Å². The Morgan fingerprint density at radius 2 is 1.66 bits per heavy atom. The highest BCUT2D eigenvalue weighted by Crippen LogP contribution is 2.32. The normalized spacial score (nSPS) is 20.1. The minimum atomic E-state index is -4.45. The quantitative estimate of drug-likeness (QED) is 0.316. The van der Waals surface area contributed by atoms with Crippen molar-refractivity contribution < 1.29 is 30.8 Å². The predicted octanol–water partition coefficient (Wildman–Crippen LogP) is 5.65. The van der Waals surface area contributed by atoms with Gasteiger partial charge in [0.05, 0.1) is 22.2 Å². The summed E-state index contributed by atoms with van der Waals surface area (Å²) in [5.74, 6) is -0.351. The van der Waals surface area contributed by atoms with E-state index in [1.807, 2.05) is 4.90 Å². The molecule has 0 saturated carbocycles. The lowest BCUT2D eigenvalue weighted by molar-refractivity contribution is -0.137. The van der Waals surface area contributed by atoms with Crippen molar-refractivity contribution in [2.24, 2.45) is 0 Å². The summed E-state index contributed by atoms with van der Waals surface area (Å²) >= 11 is 0. The Hall–Kier alpha value is -3.38. The molecule has 2 atom stereocenters. The maximum atomic E-state index is 13.3. The van der Waals surface area contributed by atoms with Gasteiger partial charge in [0, 0.05) is 36.8 Å². The minimum Gasteiger partial charge on any atom is -0.338 e. The summed E-state index contributed by atoms with van der Waals surface area (Å²) in [6.45, 7) is 2.99. The first-order valence-corrected chi connectivity index (χ1v) is 15.0. The molecule has 2 aliphatic heterocycles. The first-order valence-electron chi connectivity index (χ1n) is 13.6. The van der Waals surface area contributed by atoms with Crippen LogP contribution in [0.15, 0.2) is 59.5 Å². The predicted molar refractivity (Wildman–Crippen MR) is 145 cm³/mol. The molecule has 0 bridgehead atoms. The third-order valence-electron chi connectivity index (χ3n) is 7.71. The lowest BCUT2D eigenvalue weighted by atomic mass is 10.0. The van der Waals surface area contributed by atoms with E-state index >= 15 is 0 Å². The third-order valence-corrected chi connectivity index (χ3v) is 9.63. The van der Waals surface area contributed by atoms with Crippen LogP contribution in [0.4, 0.5) is 23.5 Å². The van der Waals surface area contributed by atoms with Gasteiger partial charge in [0.1, 0.15) is 5.82 Å². The van der Waals surface area contributed by atoms with Crippen molar-refractivity contribution in [3.63, 3.8) is 0 Å². The van der Waals surface area contributed by atoms with E-state index in [1.165, 1.54) is 28.6 Å². The highest BCUT2D eigenvalue weighted by atomic mass is 32.2. The number of carbonyl (C=O) groups excluding carboxylic acids is 1. The molecule has 0 amide bonds. The van der Waals surface area contributed by atoms with Crippen LogP contribution in [0.25, 0.3) is 11.3 Å². The van der Waals surface area contributed by atoms with Crippen LogP contribution < -0.4 is 4.90 Å². The number of aryl methyl sites for hydroxylation is 1. The third kappa shape index (κ3) is 6.28. The fraction of sp³-hybridized carbons (Fsp3) is 0.414. The second kappa shape index (κ2) is 11.5. The zero-order valence-electron chi connectivity index (χ0n) is 22.4. The Morgan fingerprint density at radius 1 is 0.976 bits per heavy atom. The van der Waals surface area contributed by atoms with E-state index in [4.69, 9.17) is 0 Å². The standard InChI is InChI=1S/C29H30F4N4O3S/c1-19-4-2-16-36(19)28-34-23(18-25(35-28)20-6-8-21(9-7-20)29(31,32)33)12-15-27(38)26-5-3-17-37(26)41(39,40)24-13-10-22(30)11-14-24/h6-11,13-14,18-19,26H,2-5,12,15-17H2,1H3/t19?,26-/m0/s1. The van der Waals surface area contributed by atoms with Crippen molar-refractivity contribution in [3.05, 3.63) is 71.7 Å². The highest BCUT2D eigenvalue weighted by molar-refractivity contribution is 7.89. The fourth-order valence-electron chi connectivity index (χ4n) is 5.46. The average Bonchev–Trinajstić information content (AvgIpc) is 3.61.